The normalized spacial score (nSPS) is 44.8. The molecule has 0 spiro atoms. The predicted molar refractivity (Wildman–Crippen MR) is 78.3 cm³/mol. The lowest BCUT2D eigenvalue weighted by Crippen LogP contribution is -2.67. The van der Waals surface area contributed by atoms with Crippen LogP contribution in [-0.4, -0.2) is 109 Å². The van der Waals surface area contributed by atoms with Crippen LogP contribution >= 0.6 is 0 Å². The third-order valence-corrected chi connectivity index (χ3v) is 4.15. The van der Waals surface area contributed by atoms with Crippen LogP contribution in [0.15, 0.2) is 5.11 Å². The number of nitrogens with one attached hydrogen (secondary N) is 1. The molecular formula is C12H18N4O11. The minimum Gasteiger partial charge on any atom is -0.479 e. The summed E-state index contributed by atoms with van der Waals surface area (Å²) in [5.41, 5.74) is 8.41. The molecule has 15 nitrogen and oxygen atoms in total. The lowest BCUT2D eigenvalue weighted by Gasteiger charge is -2.41. The van der Waals surface area contributed by atoms with Gasteiger partial charge < -0.3 is 50.5 Å². The molecule has 0 saturated carbocycles. The second-order valence-electron chi connectivity index (χ2n) is 5.92. The number of nitrogens with zero attached hydrogens (tertiary/aromatic N) is 3. The Labute approximate surface area is 150 Å². The van der Waals surface area contributed by atoms with Gasteiger partial charge in [-0.15, -0.1) is 0 Å². The number of aliphatic hydroxyl groups is 6. The number of azide groups is 1. The molecule has 2 aliphatic heterocycles. The molecule has 2 saturated heterocycles. The Bertz CT molecular complexity index is 628. The maximum Gasteiger partial charge on any atom is 0.335 e. The second-order valence-corrected chi connectivity index (χ2v) is 5.92. The van der Waals surface area contributed by atoms with E-state index in [1.165, 1.54) is 0 Å². The molecular weight excluding hydrogens is 376 g/mol. The van der Waals surface area contributed by atoms with Gasteiger partial charge >= 0.3 is 5.97 Å². The molecule has 8 N–H and O–H groups in total. The van der Waals surface area contributed by atoms with Crippen molar-refractivity contribution in [3.05, 3.63) is 10.4 Å². The summed E-state index contributed by atoms with van der Waals surface area (Å²) < 4.78 is 9.76. The summed E-state index contributed by atoms with van der Waals surface area (Å²) >= 11 is 0. The molecule has 2 fully saturated rings. The molecule has 1 amide bonds. The molecule has 0 radical (unpaired) electrons. The molecule has 0 aromatic carbocycles. The van der Waals surface area contributed by atoms with Gasteiger partial charge in [0.2, 0.25) is 0 Å². The van der Waals surface area contributed by atoms with E-state index in [0.717, 1.165) is 0 Å². The average Bonchev–Trinajstić information content (AvgIpc) is 2.62. The topological polar surface area (TPSA) is 255 Å². The first kappa shape index (κ1) is 21.2. The fourth-order valence-corrected chi connectivity index (χ4v) is 2.65. The van der Waals surface area contributed by atoms with Gasteiger partial charge in [0.05, 0.1) is 0 Å². The maximum absolute atomic E-state index is 12.3. The van der Waals surface area contributed by atoms with Gasteiger partial charge in [0, 0.05) is 4.91 Å². The highest BCUT2D eigenvalue weighted by Gasteiger charge is 2.50. The van der Waals surface area contributed by atoms with Crippen LogP contribution in [0.25, 0.3) is 10.4 Å². The number of hydrogen-bond donors (Lipinski definition) is 8. The largest absolute Gasteiger partial charge is 0.479 e. The van der Waals surface area contributed by atoms with Crippen LogP contribution in [0.2, 0.25) is 0 Å². The summed E-state index contributed by atoms with van der Waals surface area (Å²) in [6.07, 6.45) is -19.1. The van der Waals surface area contributed by atoms with E-state index < -0.39 is 73.2 Å². The number of carboxylic acids is 1. The van der Waals surface area contributed by atoms with E-state index in [0.29, 0.717) is 0 Å². The van der Waals surface area contributed by atoms with Gasteiger partial charge in [-0.2, -0.15) is 0 Å². The first-order chi connectivity index (χ1) is 12.6. The van der Waals surface area contributed by atoms with Gasteiger partial charge in [-0.1, -0.05) is 5.11 Å². The summed E-state index contributed by atoms with van der Waals surface area (Å²) in [5, 5.41) is 72.3. The third kappa shape index (κ3) is 4.11. The van der Waals surface area contributed by atoms with Crippen molar-refractivity contribution in [2.75, 3.05) is 0 Å². The molecule has 27 heavy (non-hydrogen) atoms. The van der Waals surface area contributed by atoms with Crippen molar-refractivity contribution in [1.29, 1.82) is 0 Å². The zero-order chi connectivity index (χ0) is 20.5. The zero-order valence-corrected chi connectivity index (χ0v) is 13.4. The first-order valence-electron chi connectivity index (χ1n) is 7.56. The number of rotatable bonds is 4. The fraction of sp³-hybridized carbons (Fsp3) is 0.833. The number of aliphatic carboxylic acids is 1. The standard InChI is InChI=1S/C12H18N4O11/c13-16-15-11-6(22)1(17)3(19)7(26-11)9(23)14-10-5(21)2(18)4(20)8(27-10)12(24)25/h1-8,10-11,17-22H,(H,14,23)(H,24,25)/t1-,2-,3-,4-,5+,6+,7-,8-,10+,11+/m0/s1. The Morgan fingerprint density at radius 1 is 0.852 bits per heavy atom. The van der Waals surface area contributed by atoms with E-state index in [1.807, 2.05) is 5.32 Å². The van der Waals surface area contributed by atoms with Gasteiger partial charge in [-0.3, -0.25) is 4.79 Å². The Kier molecular flexibility index (Phi) is 6.53. The van der Waals surface area contributed by atoms with Gasteiger partial charge in [-0.25, -0.2) is 4.79 Å². The van der Waals surface area contributed by atoms with Crippen LogP contribution in [0.1, 0.15) is 0 Å². The van der Waals surface area contributed by atoms with Gasteiger partial charge in [0.1, 0.15) is 36.6 Å². The summed E-state index contributed by atoms with van der Waals surface area (Å²) in [6, 6.07) is 0. The van der Waals surface area contributed by atoms with Gasteiger partial charge in [-0.05, 0) is 5.53 Å². The number of hydrogen-bond acceptors (Lipinski definition) is 11. The van der Waals surface area contributed by atoms with Crippen molar-refractivity contribution in [3.63, 3.8) is 0 Å². The molecule has 2 heterocycles. The molecule has 152 valence electrons. The van der Waals surface area contributed by atoms with E-state index in [-0.39, 0.29) is 0 Å². The van der Waals surface area contributed by atoms with Crippen molar-refractivity contribution < 1.29 is 54.8 Å². The van der Waals surface area contributed by atoms with Crippen molar-refractivity contribution in [3.8, 4) is 0 Å². The fourth-order valence-electron chi connectivity index (χ4n) is 2.65. The molecule has 2 aliphatic rings. The summed E-state index contributed by atoms with van der Waals surface area (Å²) in [7, 11) is 0. The molecule has 10 atom stereocenters. The van der Waals surface area contributed by atoms with Crippen LogP contribution in [0.4, 0.5) is 0 Å². The quantitative estimate of drug-likeness (QED) is 0.127. The minimum absolute atomic E-state index is 1.25. The Morgan fingerprint density at radius 3 is 1.96 bits per heavy atom. The lowest BCUT2D eigenvalue weighted by atomic mass is 9.96. The summed E-state index contributed by atoms with van der Waals surface area (Å²) in [5.74, 6) is -2.92. The molecule has 2 rings (SSSR count). The van der Waals surface area contributed by atoms with E-state index in [9.17, 15) is 40.2 Å². The van der Waals surface area contributed by atoms with Crippen molar-refractivity contribution in [1.82, 2.24) is 5.32 Å². The van der Waals surface area contributed by atoms with Crippen molar-refractivity contribution >= 4 is 11.9 Å². The predicted octanol–water partition coefficient (Wildman–Crippen LogP) is -4.89. The number of ether oxygens (including phenoxy) is 2. The van der Waals surface area contributed by atoms with E-state index in [2.05, 4.69) is 10.0 Å². The van der Waals surface area contributed by atoms with E-state index in [4.69, 9.17) is 20.1 Å². The molecule has 0 aromatic rings. The van der Waals surface area contributed by atoms with E-state index in [1.54, 1.807) is 0 Å². The Morgan fingerprint density at radius 2 is 1.41 bits per heavy atom. The number of aliphatic hydroxyl groups excluding tert-OH is 6. The van der Waals surface area contributed by atoms with Gasteiger partial charge in [0.25, 0.3) is 5.91 Å². The highest BCUT2D eigenvalue weighted by molar-refractivity contribution is 5.82. The number of amides is 1. The number of carbonyl (C=O) groups is 2. The molecule has 15 heteroatoms. The Hall–Kier alpha value is -2.07. The Balaban J connectivity index is 2.14. The van der Waals surface area contributed by atoms with Crippen LogP contribution in [0.5, 0.6) is 0 Å². The number of carbonyl (C=O) groups excluding carboxylic acids is 1. The highest BCUT2D eigenvalue weighted by atomic mass is 16.6. The van der Waals surface area contributed by atoms with Crippen LogP contribution in [-0.2, 0) is 19.1 Å². The summed E-state index contributed by atoms with van der Waals surface area (Å²) in [4.78, 5) is 25.7. The second kappa shape index (κ2) is 8.30. The smallest absolute Gasteiger partial charge is 0.335 e. The van der Waals surface area contributed by atoms with Crippen molar-refractivity contribution in [2.24, 2.45) is 5.11 Å². The third-order valence-electron chi connectivity index (χ3n) is 4.15. The maximum atomic E-state index is 12.3. The highest BCUT2D eigenvalue weighted by Crippen LogP contribution is 2.24. The molecule has 0 unspecified atom stereocenters. The van der Waals surface area contributed by atoms with Crippen molar-refractivity contribution in [2.45, 2.75) is 61.3 Å². The van der Waals surface area contributed by atoms with Crippen LogP contribution in [0, 0.1) is 0 Å². The van der Waals surface area contributed by atoms with Crippen LogP contribution < -0.4 is 5.32 Å². The summed E-state index contributed by atoms with van der Waals surface area (Å²) in [6.45, 7) is 0. The molecule has 0 bridgehead atoms. The van der Waals surface area contributed by atoms with Gasteiger partial charge in [0.15, 0.2) is 24.7 Å². The average molecular weight is 394 g/mol. The molecule has 0 aromatic heterocycles. The van der Waals surface area contributed by atoms with E-state index >= 15 is 0 Å². The monoisotopic (exact) mass is 394 g/mol. The zero-order valence-electron chi connectivity index (χ0n) is 13.4. The molecule has 0 aliphatic carbocycles. The minimum atomic E-state index is -1.98. The number of carboxylic acid groups (broad SMARTS) is 1. The first-order valence-corrected chi connectivity index (χ1v) is 7.56. The lowest BCUT2D eigenvalue weighted by molar-refractivity contribution is -0.240. The SMILES string of the molecule is [N-]=[N+]=N[C@@H]1O[C@H](C(=O)N[C@@H]2O[C@H](C(=O)O)[C@@H](O)[C@H](O)[C@H]2O)[C@@H](O)[C@H](O)[C@H]1O. The van der Waals surface area contributed by atoms with Crippen LogP contribution in [0.3, 0.4) is 0 Å².